The molecule has 2 aliphatic carbocycles. The molecular formula is C62H45IrN8OPt. The fourth-order valence-electron chi connectivity index (χ4n) is 10.4. The van der Waals surface area contributed by atoms with E-state index in [1.165, 1.54) is 11.1 Å². The molecule has 4 atom stereocenters. The summed E-state index contributed by atoms with van der Waals surface area (Å²) in [5.74, 6) is 4.31. The number of nitrogens with zero attached hydrogens (tertiary/aromatic N) is 8. The van der Waals surface area contributed by atoms with Gasteiger partial charge in [-0.25, -0.2) is 32.6 Å². The van der Waals surface area contributed by atoms with Gasteiger partial charge in [-0.3, -0.25) is 6.07 Å². The van der Waals surface area contributed by atoms with Crippen LogP contribution in [0, 0.1) is 30.3 Å². The third-order valence-electron chi connectivity index (χ3n) is 13.8. The van der Waals surface area contributed by atoms with Crippen molar-refractivity contribution in [1.29, 1.82) is 0 Å². The van der Waals surface area contributed by atoms with Gasteiger partial charge in [0.2, 0.25) is 0 Å². The number of pyridine rings is 3. The number of ether oxygens (including phenoxy) is 1. The van der Waals surface area contributed by atoms with Crippen molar-refractivity contribution in [2.45, 2.75) is 62.2 Å². The molecule has 5 aromatic carbocycles. The van der Waals surface area contributed by atoms with E-state index in [2.05, 4.69) is 104 Å². The first-order valence-electron chi connectivity index (χ1n) is 24.3. The third kappa shape index (κ3) is 10.7. The molecule has 5 heterocycles. The summed E-state index contributed by atoms with van der Waals surface area (Å²) in [5, 5.41) is 0. The summed E-state index contributed by atoms with van der Waals surface area (Å²) >= 11 is 0. The zero-order chi connectivity index (χ0) is 47.3. The second-order valence-corrected chi connectivity index (χ2v) is 18.1. The third-order valence-corrected chi connectivity index (χ3v) is 13.8. The molecule has 5 aromatic heterocycles. The van der Waals surface area contributed by atoms with Crippen LogP contribution in [0.2, 0.25) is 0 Å². The Labute approximate surface area is 453 Å². The Morgan fingerprint density at radius 1 is 0.411 bits per heavy atom. The van der Waals surface area contributed by atoms with Crippen molar-refractivity contribution < 1.29 is 45.9 Å². The molecule has 11 heteroatoms. The average molecular weight is 1310 g/mol. The van der Waals surface area contributed by atoms with Crippen LogP contribution in [0.5, 0.6) is 11.5 Å². The Morgan fingerprint density at radius 3 is 1.49 bits per heavy atom. The number of benzene rings is 5. The molecule has 0 spiro atoms. The molecule has 2 fully saturated rings. The van der Waals surface area contributed by atoms with Crippen LogP contribution in [0.15, 0.2) is 177 Å². The molecule has 73 heavy (non-hydrogen) atoms. The van der Waals surface area contributed by atoms with Gasteiger partial charge in [-0.15, -0.1) is 100 Å². The van der Waals surface area contributed by atoms with Gasteiger partial charge >= 0.3 is 41.2 Å². The van der Waals surface area contributed by atoms with Crippen LogP contribution in [-0.4, -0.2) is 39.9 Å². The first-order valence-corrected chi connectivity index (χ1v) is 24.3. The molecular weight excluding hydrogens is 1260 g/mol. The van der Waals surface area contributed by atoms with Crippen LogP contribution in [0.25, 0.3) is 67.7 Å². The van der Waals surface area contributed by atoms with E-state index in [9.17, 15) is 0 Å². The van der Waals surface area contributed by atoms with Crippen molar-refractivity contribution in [3.8, 4) is 79.2 Å². The van der Waals surface area contributed by atoms with Crippen LogP contribution < -0.4 is 4.74 Å². The van der Waals surface area contributed by atoms with Gasteiger partial charge < -0.3 is 29.7 Å². The summed E-state index contributed by atoms with van der Waals surface area (Å²) in [4.78, 5) is 39.3. The maximum Gasteiger partial charge on any atom is 3.00 e. The van der Waals surface area contributed by atoms with Crippen molar-refractivity contribution in [3.63, 3.8) is 0 Å². The Balaban J connectivity index is 0.00000306. The van der Waals surface area contributed by atoms with Crippen LogP contribution in [0.3, 0.4) is 0 Å². The second-order valence-electron chi connectivity index (χ2n) is 18.1. The van der Waals surface area contributed by atoms with Crippen LogP contribution in [0.4, 0.5) is 0 Å². The minimum Gasteiger partial charge on any atom is -0.515 e. The van der Waals surface area contributed by atoms with E-state index in [-0.39, 0.29) is 64.8 Å². The largest absolute Gasteiger partial charge is 3.00 e. The summed E-state index contributed by atoms with van der Waals surface area (Å²) < 4.78 is 6.81. The molecule has 0 amide bonds. The van der Waals surface area contributed by atoms with Crippen LogP contribution in [0.1, 0.15) is 85.0 Å². The first kappa shape index (κ1) is 49.4. The number of hydrogen-bond donors (Lipinski definition) is 0. The molecule has 358 valence electrons. The predicted molar refractivity (Wildman–Crippen MR) is 274 cm³/mol. The van der Waals surface area contributed by atoms with Crippen molar-refractivity contribution in [2.24, 2.45) is 0 Å². The maximum absolute atomic E-state index is 6.81. The Bertz CT molecular complexity index is 3310. The number of rotatable bonds is 12. The summed E-state index contributed by atoms with van der Waals surface area (Å²) in [6, 6.07) is 66.1. The monoisotopic (exact) mass is 1310 g/mol. The van der Waals surface area contributed by atoms with Gasteiger partial charge in [-0.2, -0.15) is 0 Å². The topological polar surface area (TPSA) is 112 Å². The Hall–Kier alpha value is -7.22. The molecule has 9 nitrogen and oxygen atoms in total. The van der Waals surface area contributed by atoms with Crippen molar-refractivity contribution >= 4 is 0 Å². The molecule has 10 aromatic rings. The molecule has 2 aliphatic rings. The van der Waals surface area contributed by atoms with Crippen molar-refractivity contribution in [2.75, 3.05) is 0 Å². The van der Waals surface area contributed by atoms with E-state index in [4.69, 9.17) is 19.7 Å². The maximum atomic E-state index is 6.81. The molecule has 0 bridgehead atoms. The Morgan fingerprint density at radius 2 is 0.945 bits per heavy atom. The van der Waals surface area contributed by atoms with Crippen molar-refractivity contribution in [3.05, 3.63) is 230 Å². The number of aromatic nitrogens is 8. The second kappa shape index (κ2) is 22.7. The molecule has 4 unspecified atom stereocenters. The minimum absolute atomic E-state index is 0. The zero-order valence-electron chi connectivity index (χ0n) is 39.4. The SMILES string of the molecule is [Ir+3].[Pt+2].[c-]1cc(-c2ccccc2-c2nc(C3CCCC3c3c[c-]c(-c4ccccn4)cc3)nc(C3CCCC3c3c[c-]c(-c4ccccn4)cc3)n2)c(Oc2[c-]c(-c3ccccn3)ccc2)[c-]c1-c1ncccn1. The first-order chi connectivity index (χ1) is 35.2. The molecule has 0 radical (unpaired) electrons. The van der Waals surface area contributed by atoms with E-state index in [1.54, 1.807) is 24.7 Å². The van der Waals surface area contributed by atoms with E-state index in [1.807, 2.05) is 103 Å². The van der Waals surface area contributed by atoms with Crippen LogP contribution in [-0.2, 0) is 41.2 Å². The smallest absolute Gasteiger partial charge is 0.515 e. The Kier molecular flexibility index (Phi) is 15.3. The normalized spacial score (nSPS) is 17.0. The standard InChI is InChI=1S/C62H45N8O.Ir.Pt/c1-2-16-54(50(15-1)51-33-32-46(59-66-37-12-38-67-59)40-58(51)71-47-14-9-13-45(39-47)57-23-5-8-36-65-57)62-69-60(52-19-10-17-48(52)41-24-28-43(29-25-41)55-21-3-6-34-63-55)68-61(70-62)53-20-11-18-49(53)42-26-30-44(31-27-42)56-22-4-7-35-64-56;;/h1-9,12-16,21-28,30,33-38,48-49,52-53H,10-11,17-20H2;;/q-5;+3;+2. The van der Waals surface area contributed by atoms with E-state index < -0.39 is 0 Å². The quantitative estimate of drug-likeness (QED) is 0.110. The predicted octanol–water partition coefficient (Wildman–Crippen LogP) is 13.7. The molecule has 12 rings (SSSR count). The van der Waals surface area contributed by atoms with Gasteiger partial charge in [0.15, 0.2) is 5.82 Å². The van der Waals surface area contributed by atoms with Crippen LogP contribution >= 0.6 is 0 Å². The molecule has 0 N–H and O–H groups in total. The van der Waals surface area contributed by atoms with Gasteiger partial charge in [0.1, 0.15) is 11.6 Å². The van der Waals surface area contributed by atoms with Gasteiger partial charge in [0.25, 0.3) is 0 Å². The van der Waals surface area contributed by atoms with Crippen molar-refractivity contribution in [1.82, 2.24) is 39.9 Å². The summed E-state index contributed by atoms with van der Waals surface area (Å²) in [7, 11) is 0. The van der Waals surface area contributed by atoms with Gasteiger partial charge in [0.05, 0.1) is 0 Å². The average Bonchev–Trinajstić information content (AvgIpc) is 4.16. The van der Waals surface area contributed by atoms with E-state index >= 15 is 0 Å². The minimum atomic E-state index is 0. The van der Waals surface area contributed by atoms with E-state index in [0.29, 0.717) is 28.7 Å². The summed E-state index contributed by atoms with van der Waals surface area (Å²) in [6.45, 7) is 0. The molecule has 2 saturated carbocycles. The molecule has 0 saturated heterocycles. The summed E-state index contributed by atoms with van der Waals surface area (Å²) in [6.07, 6.45) is 15.0. The van der Waals surface area contributed by atoms with Gasteiger partial charge in [-0.1, -0.05) is 98.0 Å². The van der Waals surface area contributed by atoms with Gasteiger partial charge in [0, 0.05) is 54.1 Å². The summed E-state index contributed by atoms with van der Waals surface area (Å²) in [5.41, 5.74) is 10.9. The number of hydrogen-bond acceptors (Lipinski definition) is 9. The van der Waals surface area contributed by atoms with Gasteiger partial charge in [-0.05, 0) is 77.6 Å². The fourth-order valence-corrected chi connectivity index (χ4v) is 10.4. The fraction of sp³-hybridized carbons (Fsp3) is 0.161. The van der Waals surface area contributed by atoms with E-state index in [0.717, 1.165) is 101 Å². The zero-order valence-corrected chi connectivity index (χ0v) is 44.1. The molecule has 0 aliphatic heterocycles.